The molecule has 3 aliphatic rings. The first kappa shape index (κ1) is 14.6. The van der Waals surface area contributed by atoms with Crippen LogP contribution in [-0.2, 0) is 10.2 Å². The first-order valence-electron chi connectivity index (χ1n) is 8.54. The molecule has 1 heterocycles. The van der Waals surface area contributed by atoms with Gasteiger partial charge in [-0.15, -0.1) is 0 Å². The Labute approximate surface area is 138 Å². The third-order valence-corrected chi connectivity index (χ3v) is 5.76. The average molecular weight is 304 g/mol. The molecule has 0 radical (unpaired) electrons. The van der Waals surface area contributed by atoms with Crippen molar-refractivity contribution in [1.82, 2.24) is 5.32 Å². The van der Waals surface area contributed by atoms with Gasteiger partial charge in [-0.05, 0) is 49.5 Å². The van der Waals surface area contributed by atoms with Crippen molar-refractivity contribution in [3.63, 3.8) is 0 Å². The van der Waals surface area contributed by atoms with Gasteiger partial charge < -0.3 is 5.32 Å². The van der Waals surface area contributed by atoms with Crippen molar-refractivity contribution in [2.75, 3.05) is 0 Å². The molecule has 0 aromatic heterocycles. The normalized spacial score (nSPS) is 34.7. The molecule has 4 rings (SSSR count). The Morgan fingerprint density at radius 2 is 2.04 bits per heavy atom. The summed E-state index contributed by atoms with van der Waals surface area (Å²) < 4.78 is 0. The van der Waals surface area contributed by atoms with E-state index in [2.05, 4.69) is 22.2 Å². The molecular weight excluding hydrogens is 283 g/mol. The number of nitrogens with one attached hydrogen (secondary N) is 1. The molecule has 3 nitrogen and oxygen atoms in total. The number of hydrogen-bond acceptors (Lipinski definition) is 2. The monoisotopic (exact) mass is 304 g/mol. The summed E-state index contributed by atoms with van der Waals surface area (Å²) in [5.74, 6) is 8.27. The van der Waals surface area contributed by atoms with Crippen molar-refractivity contribution in [1.29, 1.82) is 0 Å². The number of aliphatic imine (C=N–C) groups is 1. The summed E-state index contributed by atoms with van der Waals surface area (Å²) in [6.45, 7) is 1.87. The molecule has 4 unspecified atom stereocenters. The van der Waals surface area contributed by atoms with Gasteiger partial charge in [-0.2, -0.15) is 4.99 Å². The van der Waals surface area contributed by atoms with E-state index in [1.54, 1.807) is 0 Å². The van der Waals surface area contributed by atoms with Crippen LogP contribution in [0.5, 0.6) is 0 Å². The number of benzene rings is 1. The maximum atomic E-state index is 12.6. The third kappa shape index (κ3) is 2.49. The molecule has 4 heteroatoms. The number of amidine groups is 1. The number of fused-ring (bicyclic) bond motifs is 2. The van der Waals surface area contributed by atoms with E-state index in [4.69, 9.17) is 0 Å². The predicted octanol–water partition coefficient (Wildman–Crippen LogP) is 0.923. The van der Waals surface area contributed by atoms with Gasteiger partial charge in [0, 0.05) is 6.04 Å². The Morgan fingerprint density at radius 3 is 2.65 bits per heavy atom. The van der Waals surface area contributed by atoms with Gasteiger partial charge in [0.1, 0.15) is 13.3 Å². The van der Waals surface area contributed by atoms with Crippen LogP contribution in [-0.4, -0.2) is 25.6 Å². The van der Waals surface area contributed by atoms with Gasteiger partial charge in [-0.3, -0.25) is 4.79 Å². The highest BCUT2D eigenvalue weighted by atomic mass is 16.1. The van der Waals surface area contributed by atoms with Gasteiger partial charge in [0.2, 0.25) is 0 Å². The molecule has 1 aromatic rings. The maximum absolute atomic E-state index is 12.6. The minimum absolute atomic E-state index is 0.161. The molecule has 1 N–H and O–H groups in total. The number of amides is 1. The van der Waals surface area contributed by atoms with E-state index in [9.17, 15) is 4.79 Å². The Hall–Kier alpha value is -2.02. The Kier molecular flexibility index (Phi) is 3.34. The van der Waals surface area contributed by atoms with Crippen molar-refractivity contribution in [2.45, 2.75) is 44.1 Å². The van der Waals surface area contributed by atoms with Crippen LogP contribution >= 0.6 is 0 Å². The van der Waals surface area contributed by atoms with Gasteiger partial charge in [0.15, 0.2) is 5.84 Å². The summed E-state index contributed by atoms with van der Waals surface area (Å²) in [4.78, 5) is 16.9. The minimum atomic E-state index is -0.826. The van der Waals surface area contributed by atoms with Crippen molar-refractivity contribution in [3.8, 4) is 11.8 Å². The van der Waals surface area contributed by atoms with Crippen LogP contribution in [0.3, 0.4) is 0 Å². The summed E-state index contributed by atoms with van der Waals surface area (Å²) in [7, 11) is 2.04. The van der Waals surface area contributed by atoms with Crippen LogP contribution in [0, 0.1) is 23.7 Å². The quantitative estimate of drug-likeness (QED) is 0.652. The molecule has 2 aliphatic carbocycles. The van der Waals surface area contributed by atoms with Crippen LogP contribution in [0.1, 0.15) is 38.2 Å². The molecule has 0 spiro atoms. The molecule has 2 saturated carbocycles. The van der Waals surface area contributed by atoms with E-state index in [1.165, 1.54) is 31.1 Å². The van der Waals surface area contributed by atoms with Crippen molar-refractivity contribution < 1.29 is 4.79 Å². The highest BCUT2D eigenvalue weighted by Gasteiger charge is 2.41. The SMILES string of the molecule is Bc1ccc(C2(C)C#CC(NC3CC4CCC3C4)=NC2=O)cc1. The average Bonchev–Trinajstić information content (AvgIpc) is 3.14. The molecule has 2 bridgehead atoms. The molecule has 1 amide bonds. The summed E-state index contributed by atoms with van der Waals surface area (Å²) in [6, 6.07) is 8.45. The highest BCUT2D eigenvalue weighted by Crippen LogP contribution is 2.44. The fourth-order valence-electron chi connectivity index (χ4n) is 4.23. The van der Waals surface area contributed by atoms with E-state index in [0.717, 1.165) is 17.4 Å². The van der Waals surface area contributed by atoms with Crippen LogP contribution in [0.25, 0.3) is 0 Å². The lowest BCUT2D eigenvalue weighted by Gasteiger charge is -2.26. The zero-order chi connectivity index (χ0) is 16.0. The summed E-state index contributed by atoms with van der Waals surface area (Å²) in [5.41, 5.74) is 1.27. The lowest BCUT2D eigenvalue weighted by Crippen LogP contribution is -2.42. The highest BCUT2D eigenvalue weighted by molar-refractivity contribution is 6.32. The smallest absolute Gasteiger partial charge is 0.270 e. The van der Waals surface area contributed by atoms with E-state index in [-0.39, 0.29) is 5.91 Å². The van der Waals surface area contributed by atoms with E-state index >= 15 is 0 Å². The Balaban J connectivity index is 1.53. The topological polar surface area (TPSA) is 41.5 Å². The zero-order valence-electron chi connectivity index (χ0n) is 13.7. The minimum Gasteiger partial charge on any atom is -0.360 e. The van der Waals surface area contributed by atoms with Crippen molar-refractivity contribution >= 4 is 25.1 Å². The second-order valence-corrected chi connectivity index (χ2v) is 7.43. The fraction of sp³-hybridized carbons (Fsp3) is 0.474. The van der Waals surface area contributed by atoms with Gasteiger partial charge in [-0.1, -0.05) is 42.1 Å². The molecule has 0 saturated heterocycles. The Morgan fingerprint density at radius 1 is 1.26 bits per heavy atom. The van der Waals surface area contributed by atoms with Gasteiger partial charge in [-0.25, -0.2) is 0 Å². The van der Waals surface area contributed by atoms with Crippen molar-refractivity contribution in [2.24, 2.45) is 16.8 Å². The van der Waals surface area contributed by atoms with E-state index < -0.39 is 5.41 Å². The third-order valence-electron chi connectivity index (χ3n) is 5.76. The van der Waals surface area contributed by atoms with Crippen LogP contribution in [0.4, 0.5) is 0 Å². The number of carbonyl (C=O) groups excluding carboxylic acids is 1. The van der Waals surface area contributed by atoms with Gasteiger partial charge >= 0.3 is 0 Å². The van der Waals surface area contributed by atoms with E-state index in [0.29, 0.717) is 11.9 Å². The Bertz CT molecular complexity index is 743. The molecule has 4 atom stereocenters. The summed E-state index contributed by atoms with van der Waals surface area (Å²) >= 11 is 0. The summed E-state index contributed by atoms with van der Waals surface area (Å²) in [6.07, 6.45) is 5.20. The van der Waals surface area contributed by atoms with Crippen LogP contribution < -0.4 is 10.8 Å². The van der Waals surface area contributed by atoms with Gasteiger partial charge in [0.05, 0.1) is 0 Å². The first-order chi connectivity index (χ1) is 11.0. The second-order valence-electron chi connectivity index (χ2n) is 7.43. The van der Waals surface area contributed by atoms with E-state index in [1.807, 2.05) is 39.0 Å². The predicted molar refractivity (Wildman–Crippen MR) is 94.6 cm³/mol. The number of hydrogen-bond donors (Lipinski definition) is 1. The van der Waals surface area contributed by atoms with Gasteiger partial charge in [0.25, 0.3) is 5.91 Å². The molecule has 23 heavy (non-hydrogen) atoms. The fourth-order valence-corrected chi connectivity index (χ4v) is 4.23. The number of carbonyl (C=O) groups is 1. The molecule has 116 valence electrons. The van der Waals surface area contributed by atoms with Crippen molar-refractivity contribution in [3.05, 3.63) is 29.8 Å². The van der Waals surface area contributed by atoms with Crippen LogP contribution in [0.2, 0.25) is 0 Å². The lowest BCUT2D eigenvalue weighted by molar-refractivity contribution is -0.121. The molecule has 2 fully saturated rings. The van der Waals surface area contributed by atoms with Crippen LogP contribution in [0.15, 0.2) is 29.3 Å². The second kappa shape index (κ2) is 5.27. The molecule has 1 aliphatic heterocycles. The molecular formula is C19H21BN2O. The summed E-state index contributed by atoms with van der Waals surface area (Å²) in [5, 5.41) is 3.43. The number of nitrogens with zero attached hydrogens (tertiary/aromatic N) is 1. The maximum Gasteiger partial charge on any atom is 0.270 e. The standard InChI is InChI=1S/C19H21BN2O/c1-19(14-4-6-15(20)7-5-14)9-8-17(22-18(19)23)21-16-11-12-2-3-13(16)10-12/h4-7,12-13,16H,2-3,10-11,20H2,1H3,(H,21,22,23). The largest absolute Gasteiger partial charge is 0.360 e. The molecule has 1 aromatic carbocycles. The zero-order valence-corrected chi connectivity index (χ0v) is 13.7. The lowest BCUT2D eigenvalue weighted by atomic mass is 9.80. The number of rotatable bonds is 2. The first-order valence-corrected chi connectivity index (χ1v) is 8.54.